The lowest BCUT2D eigenvalue weighted by atomic mass is 9.83. The highest BCUT2D eigenvalue weighted by Gasteiger charge is 2.39. The molecule has 0 N–H and O–H groups in total. The summed E-state index contributed by atoms with van der Waals surface area (Å²) >= 11 is 0. The zero-order valence-electron chi connectivity index (χ0n) is 18.1. The Labute approximate surface area is 170 Å². The predicted molar refractivity (Wildman–Crippen MR) is 111 cm³/mol. The normalized spacial score (nSPS) is 22.6. The highest BCUT2D eigenvalue weighted by Crippen LogP contribution is 2.35. The van der Waals surface area contributed by atoms with Crippen LogP contribution in [-0.4, -0.2) is 36.9 Å². The van der Waals surface area contributed by atoms with Crippen LogP contribution in [0.25, 0.3) is 0 Å². The molecule has 0 saturated carbocycles. The van der Waals surface area contributed by atoms with E-state index >= 15 is 0 Å². The molecule has 0 amide bonds. The third-order valence-corrected chi connectivity index (χ3v) is 7.44. The Balaban J connectivity index is 2.18. The molecule has 1 heterocycles. The van der Waals surface area contributed by atoms with Crippen molar-refractivity contribution in [3.05, 3.63) is 29.8 Å². The van der Waals surface area contributed by atoms with Crippen LogP contribution in [-0.2, 0) is 19.6 Å². The second-order valence-electron chi connectivity index (χ2n) is 9.06. The zero-order valence-corrected chi connectivity index (χ0v) is 18.9. The van der Waals surface area contributed by atoms with Gasteiger partial charge in [0.1, 0.15) is 5.60 Å². The average Bonchev–Trinajstić information content (AvgIpc) is 2.59. The van der Waals surface area contributed by atoms with Crippen molar-refractivity contribution in [3.63, 3.8) is 0 Å². The maximum Gasteiger partial charge on any atom is 0.306 e. The summed E-state index contributed by atoms with van der Waals surface area (Å²) in [5, 5.41) is 0. The van der Waals surface area contributed by atoms with Gasteiger partial charge in [0.05, 0.1) is 4.90 Å². The lowest BCUT2D eigenvalue weighted by molar-refractivity contribution is -0.156. The van der Waals surface area contributed by atoms with Gasteiger partial charge in [0.25, 0.3) is 0 Å². The summed E-state index contributed by atoms with van der Waals surface area (Å²) in [4.78, 5) is 12.6. The van der Waals surface area contributed by atoms with Crippen molar-refractivity contribution in [2.24, 2.45) is 11.8 Å². The van der Waals surface area contributed by atoms with Gasteiger partial charge in [-0.3, -0.25) is 4.79 Å². The van der Waals surface area contributed by atoms with Crippen molar-refractivity contribution in [2.45, 2.75) is 83.8 Å². The Hall–Kier alpha value is -1.40. The lowest BCUT2D eigenvalue weighted by Gasteiger charge is -2.41. The molecule has 1 fully saturated rings. The summed E-state index contributed by atoms with van der Waals surface area (Å²) in [5.74, 6) is 0.176. The number of esters is 1. The minimum absolute atomic E-state index is 0.0995. The molecule has 0 aliphatic carbocycles. The molecule has 1 aliphatic rings. The highest BCUT2D eigenvalue weighted by atomic mass is 32.2. The fourth-order valence-corrected chi connectivity index (χ4v) is 5.54. The van der Waals surface area contributed by atoms with Gasteiger partial charge in [0.15, 0.2) is 0 Å². The quantitative estimate of drug-likeness (QED) is 0.647. The zero-order chi connectivity index (χ0) is 21.1. The van der Waals surface area contributed by atoms with Crippen LogP contribution < -0.4 is 0 Å². The van der Waals surface area contributed by atoms with Crippen LogP contribution in [0.1, 0.15) is 65.9 Å². The van der Waals surface area contributed by atoms with E-state index in [0.717, 1.165) is 12.0 Å². The number of nitrogens with zero attached hydrogens (tertiary/aromatic N) is 1. The average molecular weight is 410 g/mol. The van der Waals surface area contributed by atoms with Gasteiger partial charge < -0.3 is 4.74 Å². The van der Waals surface area contributed by atoms with Gasteiger partial charge in [-0.05, 0) is 64.5 Å². The van der Waals surface area contributed by atoms with Crippen molar-refractivity contribution in [3.8, 4) is 0 Å². The summed E-state index contributed by atoms with van der Waals surface area (Å²) in [6.07, 6.45) is 2.61. The summed E-state index contributed by atoms with van der Waals surface area (Å²) in [6.45, 7) is 12.2. The van der Waals surface area contributed by atoms with Gasteiger partial charge in [0.2, 0.25) is 10.0 Å². The van der Waals surface area contributed by atoms with Crippen molar-refractivity contribution >= 4 is 16.0 Å². The van der Waals surface area contributed by atoms with Crippen LogP contribution in [0.3, 0.4) is 0 Å². The van der Waals surface area contributed by atoms with Crippen LogP contribution in [0, 0.1) is 18.8 Å². The lowest BCUT2D eigenvalue weighted by Crippen LogP contribution is -2.49. The summed E-state index contributed by atoms with van der Waals surface area (Å²) in [6, 6.07) is 6.94. The van der Waals surface area contributed by atoms with Gasteiger partial charge in [-0.25, -0.2) is 8.42 Å². The van der Waals surface area contributed by atoms with Crippen molar-refractivity contribution < 1.29 is 17.9 Å². The van der Waals surface area contributed by atoms with E-state index in [4.69, 9.17) is 4.74 Å². The van der Waals surface area contributed by atoms with Gasteiger partial charge in [-0.2, -0.15) is 4.31 Å². The standard InChI is InChI=1S/C22H35NO4S/c1-7-17(3)20-14-18(15-21(24)27-22(4,5)6)12-13-23(20)28(25,26)19-10-8-16(2)9-11-19/h8-11,17-18,20H,7,12-15H2,1-6H3/t17-,18+,20+/m0/s1. The molecule has 0 radical (unpaired) electrons. The molecule has 5 nitrogen and oxygen atoms in total. The number of benzene rings is 1. The summed E-state index contributed by atoms with van der Waals surface area (Å²) < 4.78 is 33.7. The first-order valence-electron chi connectivity index (χ1n) is 10.2. The number of hydrogen-bond donors (Lipinski definition) is 0. The molecule has 6 heteroatoms. The third kappa shape index (κ3) is 5.80. The molecule has 0 unspecified atom stereocenters. The SMILES string of the molecule is CC[C@H](C)[C@H]1C[C@H](CC(=O)OC(C)(C)C)CCN1S(=O)(=O)c1ccc(C)cc1. The summed E-state index contributed by atoms with van der Waals surface area (Å²) in [7, 11) is -3.55. The van der Waals surface area contributed by atoms with E-state index < -0.39 is 15.6 Å². The van der Waals surface area contributed by atoms with E-state index in [1.807, 2.05) is 39.8 Å². The fourth-order valence-electron chi connectivity index (χ4n) is 3.79. The molecule has 1 saturated heterocycles. The Morgan fingerprint density at radius 3 is 2.39 bits per heavy atom. The van der Waals surface area contributed by atoms with Gasteiger partial charge >= 0.3 is 5.97 Å². The highest BCUT2D eigenvalue weighted by molar-refractivity contribution is 7.89. The van der Waals surface area contributed by atoms with Crippen LogP contribution in [0.5, 0.6) is 0 Å². The van der Waals surface area contributed by atoms with Crippen LogP contribution >= 0.6 is 0 Å². The Morgan fingerprint density at radius 2 is 1.86 bits per heavy atom. The molecule has 158 valence electrons. The Kier molecular flexibility index (Phi) is 7.32. The summed E-state index contributed by atoms with van der Waals surface area (Å²) in [5.41, 5.74) is 0.538. The number of rotatable bonds is 6. The molecule has 1 aliphatic heterocycles. The van der Waals surface area contributed by atoms with E-state index in [9.17, 15) is 13.2 Å². The second-order valence-corrected chi connectivity index (χ2v) is 11.0. The minimum Gasteiger partial charge on any atom is -0.460 e. The molecule has 3 atom stereocenters. The van der Waals surface area contributed by atoms with Gasteiger partial charge in [-0.1, -0.05) is 38.0 Å². The van der Waals surface area contributed by atoms with Gasteiger partial charge in [0, 0.05) is 19.0 Å². The maximum atomic E-state index is 13.3. The van der Waals surface area contributed by atoms with Crippen LogP contribution in [0.4, 0.5) is 0 Å². The second kappa shape index (κ2) is 8.95. The monoisotopic (exact) mass is 409 g/mol. The molecule has 1 aromatic rings. The molecule has 28 heavy (non-hydrogen) atoms. The first kappa shape index (κ1) is 22.9. The minimum atomic E-state index is -3.55. The van der Waals surface area contributed by atoms with Crippen LogP contribution in [0.2, 0.25) is 0 Å². The van der Waals surface area contributed by atoms with Crippen molar-refractivity contribution in [1.29, 1.82) is 0 Å². The smallest absolute Gasteiger partial charge is 0.306 e. The number of hydrogen-bond acceptors (Lipinski definition) is 4. The van der Waals surface area contributed by atoms with Crippen LogP contribution in [0.15, 0.2) is 29.2 Å². The Bertz CT molecular complexity index is 765. The first-order valence-corrected chi connectivity index (χ1v) is 11.7. The molecular weight excluding hydrogens is 374 g/mol. The first-order chi connectivity index (χ1) is 12.9. The van der Waals surface area contributed by atoms with E-state index in [2.05, 4.69) is 13.8 Å². The van der Waals surface area contributed by atoms with Gasteiger partial charge in [-0.15, -0.1) is 0 Å². The van der Waals surface area contributed by atoms with E-state index in [-0.39, 0.29) is 23.8 Å². The molecular formula is C22H35NO4S. The Morgan fingerprint density at radius 1 is 1.25 bits per heavy atom. The topological polar surface area (TPSA) is 63.7 Å². The van der Waals surface area contributed by atoms with E-state index in [0.29, 0.717) is 30.7 Å². The third-order valence-electron chi connectivity index (χ3n) is 5.51. The number of sulfonamides is 1. The number of carbonyl (C=O) groups is 1. The van der Waals surface area contributed by atoms with Crippen molar-refractivity contribution in [1.82, 2.24) is 4.31 Å². The molecule has 0 aromatic heterocycles. The number of carbonyl (C=O) groups excluding carboxylic acids is 1. The number of ether oxygens (including phenoxy) is 1. The molecule has 2 rings (SSSR count). The number of aryl methyl sites for hydroxylation is 1. The van der Waals surface area contributed by atoms with Crippen molar-refractivity contribution in [2.75, 3.05) is 6.54 Å². The number of piperidine rings is 1. The molecule has 0 spiro atoms. The molecule has 0 bridgehead atoms. The fraction of sp³-hybridized carbons (Fsp3) is 0.682. The van der Waals surface area contributed by atoms with E-state index in [1.165, 1.54) is 0 Å². The maximum absolute atomic E-state index is 13.3. The molecule has 1 aromatic carbocycles. The predicted octanol–water partition coefficient (Wildman–Crippen LogP) is 4.54. The van der Waals surface area contributed by atoms with E-state index in [1.54, 1.807) is 16.4 Å². The largest absolute Gasteiger partial charge is 0.460 e.